The summed E-state index contributed by atoms with van der Waals surface area (Å²) in [4.78, 5) is 11.1. The summed E-state index contributed by atoms with van der Waals surface area (Å²) in [7, 11) is 0. The lowest BCUT2D eigenvalue weighted by molar-refractivity contribution is -0.124. The van der Waals surface area contributed by atoms with Gasteiger partial charge in [0.2, 0.25) is 0 Å². The third-order valence-corrected chi connectivity index (χ3v) is 4.00. The number of carbonyl (C=O) groups excluding carboxylic acids is 1. The first kappa shape index (κ1) is 21.5. The number of rotatable bonds is 9. The first-order chi connectivity index (χ1) is 14.1. The molecule has 0 bridgehead atoms. The molecule has 2 aromatic rings. The molecule has 0 radical (unpaired) electrons. The van der Waals surface area contributed by atoms with Crippen LogP contribution in [0, 0.1) is 11.5 Å². The van der Waals surface area contributed by atoms with Crippen LogP contribution in [-0.4, -0.2) is 24.2 Å². The monoisotopic (exact) mass is 392 g/mol. The molecule has 0 unspecified atom stereocenters. The van der Waals surface area contributed by atoms with Gasteiger partial charge in [-0.2, -0.15) is 0 Å². The minimum absolute atomic E-state index is 0.486. The van der Waals surface area contributed by atoms with E-state index in [0.29, 0.717) is 5.75 Å². The Hall–Kier alpha value is -3.76. The smallest absolute Gasteiger partial charge is 0.292 e. The molecule has 0 heterocycles. The number of hydrogen-bond donors (Lipinski definition) is 4. The van der Waals surface area contributed by atoms with E-state index in [-0.39, 0.29) is 0 Å². The van der Waals surface area contributed by atoms with Crippen molar-refractivity contribution in [1.82, 2.24) is 16.1 Å². The Morgan fingerprint density at radius 2 is 1.52 bits per heavy atom. The van der Waals surface area contributed by atoms with Gasteiger partial charge in [0.05, 0.1) is 11.4 Å². The molecule has 2 aromatic carbocycles. The normalized spacial score (nSPS) is 11.4. The lowest BCUT2D eigenvalue weighted by atomic mass is 10.0. The fraction of sp³-hybridized carbons (Fsp3) is 0.182. The summed E-state index contributed by atoms with van der Waals surface area (Å²) in [6.45, 7) is 5.52. The Balaban J connectivity index is 2.43. The van der Waals surface area contributed by atoms with E-state index >= 15 is 0 Å². The van der Waals surface area contributed by atoms with Crippen molar-refractivity contribution in [2.75, 3.05) is 13.1 Å². The molecule has 0 spiro atoms. The Kier molecular flexibility index (Phi) is 8.29. The number of nitriles is 1. The zero-order valence-electron chi connectivity index (χ0n) is 16.4. The molecule has 29 heavy (non-hydrogen) atoms. The second-order valence-corrected chi connectivity index (χ2v) is 5.96. The minimum atomic E-state index is -0.583. The summed E-state index contributed by atoms with van der Waals surface area (Å²) in [6.07, 6.45) is 4.54. The van der Waals surface area contributed by atoms with E-state index in [1.807, 2.05) is 50.2 Å². The van der Waals surface area contributed by atoms with Gasteiger partial charge in [-0.1, -0.05) is 24.3 Å². The predicted molar refractivity (Wildman–Crippen MR) is 112 cm³/mol. The highest BCUT2D eigenvalue weighted by Crippen LogP contribution is 2.25. The fourth-order valence-electron chi connectivity index (χ4n) is 2.74. The zero-order chi connectivity index (χ0) is 21.1. The molecule has 4 N–H and O–H groups in total. The fourth-order valence-corrected chi connectivity index (χ4v) is 2.74. The summed E-state index contributed by atoms with van der Waals surface area (Å²) in [5.74, 6) is -0.0966. The largest absolute Gasteiger partial charge is 0.388 e. The van der Waals surface area contributed by atoms with Gasteiger partial charge in [0.25, 0.3) is 12.2 Å². The zero-order valence-corrected chi connectivity index (χ0v) is 16.4. The molecular formula is C22H24N4O3. The van der Waals surface area contributed by atoms with Gasteiger partial charge in [-0.25, -0.2) is 5.48 Å². The number of benzene rings is 2. The van der Waals surface area contributed by atoms with Gasteiger partial charge >= 0.3 is 0 Å². The maximum Gasteiger partial charge on any atom is 0.292 e. The highest BCUT2D eigenvalue weighted by atomic mass is 16.5. The number of nitrogens with one attached hydrogen (secondary N) is 3. The van der Waals surface area contributed by atoms with Crippen molar-refractivity contribution in [2.24, 2.45) is 0 Å². The van der Waals surface area contributed by atoms with Crippen LogP contribution in [0.15, 0.2) is 54.6 Å². The molecule has 1 amide bonds. The van der Waals surface area contributed by atoms with Gasteiger partial charge < -0.3 is 15.4 Å². The van der Waals surface area contributed by atoms with Crippen molar-refractivity contribution >= 4 is 23.4 Å². The number of hydroxylamine groups is 1. The molecule has 150 valence electrons. The van der Waals surface area contributed by atoms with Gasteiger partial charge in [0, 0.05) is 19.2 Å². The molecule has 0 fully saturated rings. The molecule has 0 atom stereocenters. The summed E-state index contributed by atoms with van der Waals surface area (Å²) in [5, 5.41) is 24.0. The van der Waals surface area contributed by atoms with Crippen molar-refractivity contribution in [3.63, 3.8) is 0 Å². The molecule has 7 heteroatoms. The summed E-state index contributed by atoms with van der Waals surface area (Å²) in [5.41, 5.74) is 6.19. The molecule has 0 saturated carbocycles. The van der Waals surface area contributed by atoms with E-state index in [4.69, 9.17) is 15.2 Å². The van der Waals surface area contributed by atoms with Crippen molar-refractivity contribution < 1.29 is 14.7 Å². The van der Waals surface area contributed by atoms with E-state index in [9.17, 15) is 4.79 Å². The Morgan fingerprint density at radius 3 is 1.97 bits per heavy atom. The molecule has 0 saturated heterocycles. The third-order valence-electron chi connectivity index (χ3n) is 4.00. The second-order valence-electron chi connectivity index (χ2n) is 5.96. The van der Waals surface area contributed by atoms with Gasteiger partial charge in [-0.15, -0.1) is 5.26 Å². The van der Waals surface area contributed by atoms with Crippen LogP contribution in [0.1, 0.15) is 30.5 Å². The first-order valence-corrected chi connectivity index (χ1v) is 9.23. The number of nitrogens with zero attached hydrogens (tertiary/aromatic N) is 1. The quantitative estimate of drug-likeness (QED) is 0.172. The van der Waals surface area contributed by atoms with Crippen LogP contribution in [0.5, 0.6) is 5.75 Å². The van der Waals surface area contributed by atoms with Crippen LogP contribution < -0.4 is 20.9 Å². The van der Waals surface area contributed by atoms with Gasteiger partial charge in [-0.3, -0.25) is 10.0 Å². The van der Waals surface area contributed by atoms with Crippen LogP contribution in [0.2, 0.25) is 0 Å². The molecule has 2 rings (SSSR count). The number of amides is 1. The second kappa shape index (κ2) is 11.2. The molecule has 7 nitrogen and oxygen atoms in total. The van der Waals surface area contributed by atoms with E-state index in [2.05, 4.69) is 10.6 Å². The van der Waals surface area contributed by atoms with E-state index in [1.165, 1.54) is 6.08 Å². The number of ether oxygens (including phenoxy) is 1. The Morgan fingerprint density at radius 1 is 1.00 bits per heavy atom. The van der Waals surface area contributed by atoms with Crippen molar-refractivity contribution in [3.05, 3.63) is 71.3 Å². The summed E-state index contributed by atoms with van der Waals surface area (Å²) < 4.78 is 4.86. The van der Waals surface area contributed by atoms with Crippen LogP contribution in [0.4, 0.5) is 0 Å². The molecule has 0 aliphatic rings. The highest BCUT2D eigenvalue weighted by molar-refractivity contribution is 5.91. The average Bonchev–Trinajstić information content (AvgIpc) is 2.76. The SMILES string of the molecule is CCN/C(=C(\NCC)c1ccc(OC#N)cc1)c1ccc(/C=C/C(=O)NO)cc1. The lowest BCUT2D eigenvalue weighted by Gasteiger charge is -2.19. The average molecular weight is 392 g/mol. The van der Waals surface area contributed by atoms with E-state index < -0.39 is 5.91 Å². The summed E-state index contributed by atoms with van der Waals surface area (Å²) >= 11 is 0. The van der Waals surface area contributed by atoms with E-state index in [0.717, 1.165) is 41.2 Å². The van der Waals surface area contributed by atoms with Crippen molar-refractivity contribution in [3.8, 4) is 12.0 Å². The third kappa shape index (κ3) is 6.13. The first-order valence-electron chi connectivity index (χ1n) is 9.23. The number of hydrogen-bond acceptors (Lipinski definition) is 6. The van der Waals surface area contributed by atoms with Crippen molar-refractivity contribution in [1.29, 1.82) is 5.26 Å². The maximum atomic E-state index is 11.1. The van der Waals surface area contributed by atoms with Gasteiger partial charge in [0.15, 0.2) is 0 Å². The van der Waals surface area contributed by atoms with Crippen LogP contribution in [0.25, 0.3) is 17.5 Å². The van der Waals surface area contributed by atoms with Gasteiger partial charge in [0.1, 0.15) is 5.75 Å². The van der Waals surface area contributed by atoms with Crippen LogP contribution in [0.3, 0.4) is 0 Å². The molecule has 0 aromatic heterocycles. The molecular weight excluding hydrogens is 368 g/mol. The Bertz CT molecular complexity index is 911. The molecule has 0 aliphatic carbocycles. The maximum absolute atomic E-state index is 11.1. The minimum Gasteiger partial charge on any atom is -0.388 e. The van der Waals surface area contributed by atoms with E-state index in [1.54, 1.807) is 29.9 Å². The Labute approximate surface area is 170 Å². The van der Waals surface area contributed by atoms with Crippen LogP contribution >= 0.6 is 0 Å². The number of carbonyl (C=O) groups is 1. The summed E-state index contributed by atoms with van der Waals surface area (Å²) in [6, 6.07) is 15.0. The topological polar surface area (TPSA) is 106 Å². The predicted octanol–water partition coefficient (Wildman–Crippen LogP) is 3.11. The van der Waals surface area contributed by atoms with Gasteiger partial charge in [-0.05, 0) is 60.9 Å². The molecule has 0 aliphatic heterocycles. The lowest BCUT2D eigenvalue weighted by Crippen LogP contribution is -2.20. The standard InChI is InChI=1S/C22H24N4O3/c1-3-24-21(17-8-5-16(6-9-17)7-14-20(27)26-28)22(25-4-2)18-10-12-19(13-11-18)29-15-23/h5-14,24-25,28H,3-4H2,1-2H3,(H,26,27)/b14-7+,22-21-. The van der Waals surface area contributed by atoms with Crippen molar-refractivity contribution in [2.45, 2.75) is 13.8 Å². The van der Waals surface area contributed by atoms with Crippen LogP contribution in [-0.2, 0) is 4.79 Å². The highest BCUT2D eigenvalue weighted by Gasteiger charge is 2.11.